The van der Waals surface area contributed by atoms with E-state index in [0.717, 1.165) is 12.8 Å². The molecule has 3 heteroatoms. The zero-order chi connectivity index (χ0) is 13.5. The van der Waals surface area contributed by atoms with E-state index < -0.39 is 5.97 Å². The summed E-state index contributed by atoms with van der Waals surface area (Å²) in [5.41, 5.74) is 0. The summed E-state index contributed by atoms with van der Waals surface area (Å²) < 4.78 is 0. The van der Waals surface area contributed by atoms with Gasteiger partial charge in [-0.05, 0) is 6.42 Å². The largest absolute Gasteiger partial charge is 0.481 e. The summed E-state index contributed by atoms with van der Waals surface area (Å²) in [6.45, 7) is 2.26. The second kappa shape index (κ2) is 18.2. The van der Waals surface area contributed by atoms with Gasteiger partial charge in [0.05, 0.1) is 0 Å². The van der Waals surface area contributed by atoms with Gasteiger partial charge in [0.15, 0.2) is 0 Å². The van der Waals surface area contributed by atoms with Gasteiger partial charge in [-0.25, -0.2) is 0 Å². The molecule has 19 heavy (non-hydrogen) atoms. The SMILES string of the molecule is CCCCCCCCCCCCCCCC(=O)O.[Ag]. The summed E-state index contributed by atoms with van der Waals surface area (Å²) in [6.07, 6.45) is 17.3. The van der Waals surface area contributed by atoms with Crippen LogP contribution in [0, 0.1) is 0 Å². The molecule has 0 saturated heterocycles. The van der Waals surface area contributed by atoms with Crippen LogP contribution < -0.4 is 0 Å². The molecule has 0 heterocycles. The van der Waals surface area contributed by atoms with Crippen LogP contribution >= 0.6 is 0 Å². The molecule has 0 saturated carbocycles. The number of hydrogen-bond acceptors (Lipinski definition) is 1. The quantitative estimate of drug-likeness (QED) is 0.324. The van der Waals surface area contributed by atoms with Crippen LogP contribution in [0.4, 0.5) is 0 Å². The minimum atomic E-state index is -0.655. The molecule has 0 aliphatic rings. The van der Waals surface area contributed by atoms with Crippen LogP contribution in [-0.4, -0.2) is 11.1 Å². The minimum absolute atomic E-state index is 0. The van der Waals surface area contributed by atoms with Crippen molar-refractivity contribution in [3.63, 3.8) is 0 Å². The number of carboxylic acid groups (broad SMARTS) is 1. The Morgan fingerprint density at radius 1 is 0.684 bits per heavy atom. The molecule has 0 bridgehead atoms. The van der Waals surface area contributed by atoms with Gasteiger partial charge in [0.1, 0.15) is 0 Å². The zero-order valence-corrected chi connectivity index (χ0v) is 14.0. The van der Waals surface area contributed by atoms with Crippen LogP contribution in [0.1, 0.15) is 96.8 Å². The van der Waals surface area contributed by atoms with Crippen molar-refractivity contribution in [2.75, 3.05) is 0 Å². The van der Waals surface area contributed by atoms with E-state index >= 15 is 0 Å². The molecule has 1 radical (unpaired) electrons. The van der Waals surface area contributed by atoms with E-state index in [9.17, 15) is 4.79 Å². The molecule has 0 aromatic heterocycles. The van der Waals surface area contributed by atoms with Gasteiger partial charge in [0.2, 0.25) is 0 Å². The average molecular weight is 364 g/mol. The van der Waals surface area contributed by atoms with Crippen LogP contribution in [0.25, 0.3) is 0 Å². The van der Waals surface area contributed by atoms with Crippen molar-refractivity contribution in [3.05, 3.63) is 0 Å². The molecule has 0 unspecified atom stereocenters. The fraction of sp³-hybridized carbons (Fsp3) is 0.938. The van der Waals surface area contributed by atoms with E-state index in [1.165, 1.54) is 70.6 Å². The molecule has 1 N–H and O–H groups in total. The number of hydrogen-bond donors (Lipinski definition) is 1. The minimum Gasteiger partial charge on any atom is -0.481 e. The molecule has 0 amide bonds. The molecule has 0 rings (SSSR count). The number of unbranched alkanes of at least 4 members (excludes halogenated alkanes) is 12. The van der Waals surface area contributed by atoms with Crippen molar-refractivity contribution in [1.29, 1.82) is 0 Å². The van der Waals surface area contributed by atoms with E-state index in [2.05, 4.69) is 6.92 Å². The summed E-state index contributed by atoms with van der Waals surface area (Å²) in [4.78, 5) is 10.3. The van der Waals surface area contributed by atoms with E-state index in [4.69, 9.17) is 5.11 Å². The molecule has 0 atom stereocenters. The fourth-order valence-corrected chi connectivity index (χ4v) is 2.29. The van der Waals surface area contributed by atoms with Crippen molar-refractivity contribution in [2.45, 2.75) is 96.8 Å². The Morgan fingerprint density at radius 2 is 1.00 bits per heavy atom. The molecule has 0 aliphatic heterocycles. The third kappa shape index (κ3) is 20.7. The van der Waals surface area contributed by atoms with Crippen molar-refractivity contribution in [3.8, 4) is 0 Å². The van der Waals surface area contributed by atoms with Gasteiger partial charge in [-0.1, -0.05) is 84.0 Å². The predicted octanol–water partition coefficient (Wildman–Crippen LogP) is 5.55. The first kappa shape index (κ1) is 21.5. The molecule has 2 nitrogen and oxygen atoms in total. The van der Waals surface area contributed by atoms with Crippen LogP contribution in [0.3, 0.4) is 0 Å². The maximum Gasteiger partial charge on any atom is 0.303 e. The summed E-state index contributed by atoms with van der Waals surface area (Å²) in [7, 11) is 0. The summed E-state index contributed by atoms with van der Waals surface area (Å²) >= 11 is 0. The first-order chi connectivity index (χ1) is 8.77. The van der Waals surface area contributed by atoms with Gasteiger partial charge in [-0.15, -0.1) is 0 Å². The summed E-state index contributed by atoms with van der Waals surface area (Å²) in [5.74, 6) is -0.655. The topological polar surface area (TPSA) is 37.3 Å². The molecular formula is C16H32AgO2. The third-order valence-electron chi connectivity index (χ3n) is 3.49. The van der Waals surface area contributed by atoms with Crippen LogP contribution in [0.15, 0.2) is 0 Å². The maximum atomic E-state index is 10.3. The average Bonchev–Trinajstić information content (AvgIpc) is 2.34. The van der Waals surface area contributed by atoms with E-state index in [-0.39, 0.29) is 22.4 Å². The van der Waals surface area contributed by atoms with Gasteiger partial charge in [-0.3, -0.25) is 4.79 Å². The van der Waals surface area contributed by atoms with Crippen LogP contribution in [0.5, 0.6) is 0 Å². The van der Waals surface area contributed by atoms with Crippen molar-refractivity contribution in [2.24, 2.45) is 0 Å². The molecule has 0 aromatic rings. The van der Waals surface area contributed by atoms with E-state index in [1.54, 1.807) is 0 Å². The van der Waals surface area contributed by atoms with Crippen molar-refractivity contribution >= 4 is 5.97 Å². The normalized spacial score (nSPS) is 10.2. The zero-order valence-electron chi connectivity index (χ0n) is 12.6. The van der Waals surface area contributed by atoms with Gasteiger partial charge >= 0.3 is 5.97 Å². The van der Waals surface area contributed by atoms with E-state index in [1.807, 2.05) is 0 Å². The number of carboxylic acids is 1. The molecule has 0 aromatic carbocycles. The van der Waals surface area contributed by atoms with Crippen molar-refractivity contribution in [1.82, 2.24) is 0 Å². The van der Waals surface area contributed by atoms with E-state index in [0.29, 0.717) is 6.42 Å². The Hall–Kier alpha value is 0.210. The van der Waals surface area contributed by atoms with Gasteiger partial charge < -0.3 is 5.11 Å². The number of aliphatic carboxylic acids is 1. The Bertz CT molecular complexity index is 184. The third-order valence-corrected chi connectivity index (χ3v) is 3.49. The standard InChI is InChI=1S/C16H32O2.Ag/c1-2-3-4-5-6-7-8-9-10-11-12-13-14-15-16(17)18;/h2-15H2,1H3,(H,17,18);. The predicted molar refractivity (Wildman–Crippen MR) is 77.9 cm³/mol. The summed E-state index contributed by atoms with van der Waals surface area (Å²) in [6, 6.07) is 0. The second-order valence-corrected chi connectivity index (χ2v) is 5.39. The first-order valence-electron chi connectivity index (χ1n) is 7.99. The monoisotopic (exact) mass is 363 g/mol. The first-order valence-corrected chi connectivity index (χ1v) is 7.99. The Kier molecular flexibility index (Phi) is 20.6. The van der Waals surface area contributed by atoms with Crippen LogP contribution in [-0.2, 0) is 27.2 Å². The Morgan fingerprint density at radius 3 is 1.32 bits per heavy atom. The van der Waals surface area contributed by atoms with Gasteiger partial charge in [0, 0.05) is 28.8 Å². The molecule has 0 aliphatic carbocycles. The van der Waals surface area contributed by atoms with Gasteiger partial charge in [-0.2, -0.15) is 0 Å². The van der Waals surface area contributed by atoms with Crippen LogP contribution in [0.2, 0.25) is 0 Å². The molecule has 0 spiro atoms. The van der Waals surface area contributed by atoms with Crippen molar-refractivity contribution < 1.29 is 32.3 Å². The smallest absolute Gasteiger partial charge is 0.303 e. The molecule has 119 valence electrons. The number of rotatable bonds is 14. The molecule has 0 fully saturated rings. The number of carbonyl (C=O) groups is 1. The summed E-state index contributed by atoms with van der Waals surface area (Å²) in [5, 5.41) is 8.49. The maximum absolute atomic E-state index is 10.3. The fourth-order valence-electron chi connectivity index (χ4n) is 2.29. The Labute approximate surface area is 135 Å². The Balaban J connectivity index is 0. The van der Waals surface area contributed by atoms with Gasteiger partial charge in [0.25, 0.3) is 0 Å². The second-order valence-electron chi connectivity index (χ2n) is 5.39. The molecular weight excluding hydrogens is 332 g/mol.